The first kappa shape index (κ1) is 13.0. The predicted molar refractivity (Wildman–Crippen MR) is 68.9 cm³/mol. The van der Waals surface area contributed by atoms with E-state index in [1.165, 1.54) is 0 Å². The lowest BCUT2D eigenvalue weighted by molar-refractivity contribution is -0.133. The number of nitrogens with zero attached hydrogens (tertiary/aromatic N) is 1. The van der Waals surface area contributed by atoms with E-state index >= 15 is 0 Å². The van der Waals surface area contributed by atoms with Crippen LogP contribution >= 0.6 is 11.6 Å². The van der Waals surface area contributed by atoms with E-state index in [2.05, 4.69) is 0 Å². The third-order valence-electron chi connectivity index (χ3n) is 2.89. The van der Waals surface area contributed by atoms with Gasteiger partial charge in [0.1, 0.15) is 0 Å². The third-order valence-corrected chi connectivity index (χ3v) is 3.35. The molecule has 0 aliphatic carbocycles. The molecule has 0 fully saturated rings. The molecule has 18 heavy (non-hydrogen) atoms. The fourth-order valence-electron chi connectivity index (χ4n) is 1.83. The number of rotatable bonds is 4. The van der Waals surface area contributed by atoms with E-state index in [1.807, 2.05) is 25.1 Å². The first-order chi connectivity index (χ1) is 8.61. The highest BCUT2D eigenvalue weighted by atomic mass is 35.5. The summed E-state index contributed by atoms with van der Waals surface area (Å²) >= 11 is 5.69. The van der Waals surface area contributed by atoms with E-state index in [0.29, 0.717) is 12.4 Å². The van der Waals surface area contributed by atoms with Crippen LogP contribution in [0.15, 0.2) is 18.2 Å². The highest BCUT2D eigenvalue weighted by Gasteiger charge is 2.18. The number of carbonyl (C=O) groups is 1. The Balaban J connectivity index is 2.03. The first-order valence-corrected chi connectivity index (χ1v) is 6.34. The minimum Gasteiger partial charge on any atom is -0.454 e. The van der Waals surface area contributed by atoms with Gasteiger partial charge in [-0.15, -0.1) is 11.6 Å². The van der Waals surface area contributed by atoms with Gasteiger partial charge >= 0.3 is 0 Å². The van der Waals surface area contributed by atoms with Crippen LogP contribution in [0.2, 0.25) is 0 Å². The van der Waals surface area contributed by atoms with Crippen molar-refractivity contribution in [2.24, 2.45) is 5.92 Å². The Labute approximate surface area is 111 Å². The van der Waals surface area contributed by atoms with Crippen molar-refractivity contribution in [2.75, 3.05) is 19.7 Å². The molecule has 1 aliphatic rings. The fourth-order valence-corrected chi connectivity index (χ4v) is 1.97. The van der Waals surface area contributed by atoms with Crippen molar-refractivity contribution in [1.82, 2.24) is 4.90 Å². The van der Waals surface area contributed by atoms with Gasteiger partial charge in [-0.25, -0.2) is 0 Å². The van der Waals surface area contributed by atoms with E-state index < -0.39 is 0 Å². The summed E-state index contributed by atoms with van der Waals surface area (Å²) in [5.41, 5.74) is 1.01. The van der Waals surface area contributed by atoms with Gasteiger partial charge in [0.15, 0.2) is 11.5 Å². The molecule has 0 radical (unpaired) electrons. The Kier molecular flexibility index (Phi) is 3.97. The van der Waals surface area contributed by atoms with Gasteiger partial charge in [-0.05, 0) is 17.7 Å². The zero-order valence-corrected chi connectivity index (χ0v) is 11.2. The summed E-state index contributed by atoms with van der Waals surface area (Å²) in [6.45, 7) is 2.62. The molecule has 98 valence electrons. The molecular formula is C13H16ClNO3. The van der Waals surface area contributed by atoms with Crippen LogP contribution in [-0.4, -0.2) is 30.5 Å². The molecule has 0 aromatic heterocycles. The summed E-state index contributed by atoms with van der Waals surface area (Å²) in [6, 6.07) is 5.70. The number of hydrogen-bond donors (Lipinski definition) is 0. The normalized spacial score (nSPS) is 14.4. The Morgan fingerprint density at radius 3 is 2.89 bits per heavy atom. The van der Waals surface area contributed by atoms with E-state index in [0.717, 1.165) is 17.1 Å². The van der Waals surface area contributed by atoms with Crippen LogP contribution in [0.3, 0.4) is 0 Å². The molecule has 0 saturated heterocycles. The highest BCUT2D eigenvalue weighted by molar-refractivity contribution is 6.19. The Bertz CT molecular complexity index is 450. The van der Waals surface area contributed by atoms with E-state index in [-0.39, 0.29) is 18.6 Å². The molecule has 0 saturated carbocycles. The molecule has 4 nitrogen and oxygen atoms in total. The average Bonchev–Trinajstić information content (AvgIpc) is 2.84. The molecule has 1 aliphatic heterocycles. The molecule has 1 unspecified atom stereocenters. The molecule has 5 heteroatoms. The summed E-state index contributed by atoms with van der Waals surface area (Å²) in [5, 5.41) is 0. The highest BCUT2D eigenvalue weighted by Crippen LogP contribution is 2.32. The van der Waals surface area contributed by atoms with Crippen molar-refractivity contribution < 1.29 is 14.3 Å². The molecule has 2 rings (SSSR count). The summed E-state index contributed by atoms with van der Waals surface area (Å²) in [7, 11) is 1.77. The maximum atomic E-state index is 11.9. The summed E-state index contributed by atoms with van der Waals surface area (Å²) in [6.07, 6.45) is 0. The van der Waals surface area contributed by atoms with E-state index in [9.17, 15) is 4.79 Å². The van der Waals surface area contributed by atoms with Gasteiger partial charge in [0.25, 0.3) is 0 Å². The number of fused-ring (bicyclic) bond motifs is 1. The zero-order chi connectivity index (χ0) is 13.1. The molecule has 1 heterocycles. The van der Waals surface area contributed by atoms with E-state index in [1.54, 1.807) is 11.9 Å². The van der Waals surface area contributed by atoms with Crippen LogP contribution in [0.5, 0.6) is 11.5 Å². The van der Waals surface area contributed by atoms with E-state index in [4.69, 9.17) is 21.1 Å². The van der Waals surface area contributed by atoms with Gasteiger partial charge in [-0.2, -0.15) is 0 Å². The van der Waals surface area contributed by atoms with Gasteiger partial charge in [0, 0.05) is 25.4 Å². The molecule has 0 bridgehead atoms. The monoisotopic (exact) mass is 269 g/mol. The quantitative estimate of drug-likeness (QED) is 0.787. The van der Waals surface area contributed by atoms with Crippen molar-refractivity contribution >= 4 is 17.5 Å². The SMILES string of the molecule is CC(CCl)C(=O)N(C)Cc1ccc2c(c1)OCO2. The third kappa shape index (κ3) is 2.70. The lowest BCUT2D eigenvalue weighted by atomic mass is 10.1. The first-order valence-electron chi connectivity index (χ1n) is 5.81. The van der Waals surface area contributed by atoms with Crippen LogP contribution in [0.4, 0.5) is 0 Å². The summed E-state index contributed by atoms with van der Waals surface area (Å²) < 4.78 is 10.5. The fraction of sp³-hybridized carbons (Fsp3) is 0.462. The minimum absolute atomic E-state index is 0.0441. The molecular weight excluding hydrogens is 254 g/mol. The smallest absolute Gasteiger partial charge is 0.231 e. The lowest BCUT2D eigenvalue weighted by Gasteiger charge is -2.20. The van der Waals surface area contributed by atoms with Crippen LogP contribution in [0.1, 0.15) is 12.5 Å². The molecule has 0 N–H and O–H groups in total. The number of ether oxygens (including phenoxy) is 2. The lowest BCUT2D eigenvalue weighted by Crippen LogP contribution is -2.31. The van der Waals surface area contributed by atoms with Crippen molar-refractivity contribution in [2.45, 2.75) is 13.5 Å². The number of amides is 1. The molecule has 1 amide bonds. The summed E-state index contributed by atoms with van der Waals surface area (Å²) in [4.78, 5) is 13.6. The Hall–Kier alpha value is -1.42. The number of hydrogen-bond acceptors (Lipinski definition) is 3. The van der Waals surface area contributed by atoms with Gasteiger partial charge in [-0.1, -0.05) is 13.0 Å². The van der Waals surface area contributed by atoms with Crippen molar-refractivity contribution in [3.05, 3.63) is 23.8 Å². The van der Waals surface area contributed by atoms with Crippen molar-refractivity contribution in [3.63, 3.8) is 0 Å². The molecule has 0 spiro atoms. The Morgan fingerprint density at radius 2 is 2.17 bits per heavy atom. The van der Waals surface area contributed by atoms with Crippen molar-refractivity contribution in [3.8, 4) is 11.5 Å². The second kappa shape index (κ2) is 5.48. The molecule has 1 aromatic rings. The molecule has 1 aromatic carbocycles. The van der Waals surface area contributed by atoms with Crippen LogP contribution < -0.4 is 9.47 Å². The predicted octanol–water partition coefficient (Wildman–Crippen LogP) is 2.25. The minimum atomic E-state index is -0.161. The maximum Gasteiger partial charge on any atom is 0.231 e. The number of halogens is 1. The maximum absolute atomic E-state index is 11.9. The second-order valence-electron chi connectivity index (χ2n) is 4.44. The average molecular weight is 270 g/mol. The second-order valence-corrected chi connectivity index (χ2v) is 4.75. The number of alkyl halides is 1. The molecule has 1 atom stereocenters. The largest absolute Gasteiger partial charge is 0.454 e. The van der Waals surface area contributed by atoms with Gasteiger partial charge in [0.05, 0.1) is 0 Å². The van der Waals surface area contributed by atoms with Crippen LogP contribution in [0, 0.1) is 5.92 Å². The van der Waals surface area contributed by atoms with Crippen LogP contribution in [0.25, 0.3) is 0 Å². The van der Waals surface area contributed by atoms with Gasteiger partial charge in [0.2, 0.25) is 12.7 Å². The van der Waals surface area contributed by atoms with Crippen LogP contribution in [-0.2, 0) is 11.3 Å². The number of carbonyl (C=O) groups excluding carboxylic acids is 1. The topological polar surface area (TPSA) is 38.8 Å². The zero-order valence-electron chi connectivity index (χ0n) is 10.5. The number of benzene rings is 1. The van der Waals surface area contributed by atoms with Gasteiger partial charge < -0.3 is 14.4 Å². The van der Waals surface area contributed by atoms with Crippen molar-refractivity contribution in [1.29, 1.82) is 0 Å². The summed E-state index contributed by atoms with van der Waals surface area (Å²) in [5.74, 6) is 1.71. The Morgan fingerprint density at radius 1 is 1.44 bits per heavy atom. The van der Waals surface area contributed by atoms with Gasteiger partial charge in [-0.3, -0.25) is 4.79 Å². The standard InChI is InChI=1S/C13H16ClNO3/c1-9(6-14)13(16)15(2)7-10-3-4-11-12(5-10)18-8-17-11/h3-5,9H,6-8H2,1-2H3.